The molecular weight excluding hydrogens is 270 g/mol. The Balaban J connectivity index is 2.33. The summed E-state index contributed by atoms with van der Waals surface area (Å²) in [6, 6.07) is 7.84. The first-order chi connectivity index (χ1) is 9.08. The summed E-state index contributed by atoms with van der Waals surface area (Å²) in [5.74, 6) is -1.55. The number of carboxylic acids is 1. The second-order valence-corrected chi connectivity index (χ2v) is 4.21. The lowest BCUT2D eigenvalue weighted by molar-refractivity contribution is -0.135. The van der Waals surface area contributed by atoms with E-state index >= 15 is 0 Å². The average Bonchev–Trinajstić information content (AvgIpc) is 2.90. The van der Waals surface area contributed by atoms with Gasteiger partial charge in [0.25, 0.3) is 5.91 Å². The van der Waals surface area contributed by atoms with Crippen molar-refractivity contribution in [2.75, 3.05) is 11.4 Å². The Morgan fingerprint density at radius 3 is 2.42 bits per heavy atom. The average molecular weight is 280 g/mol. The maximum absolute atomic E-state index is 12.2. The fourth-order valence-electron chi connectivity index (χ4n) is 1.58. The van der Waals surface area contributed by atoms with Gasteiger partial charge in [-0.3, -0.25) is 14.5 Å². The summed E-state index contributed by atoms with van der Waals surface area (Å²) in [7, 11) is 0. The van der Waals surface area contributed by atoms with E-state index in [4.69, 9.17) is 21.1 Å². The number of halogens is 1. The van der Waals surface area contributed by atoms with Gasteiger partial charge in [0.1, 0.15) is 12.8 Å². The molecule has 98 valence electrons. The quantitative estimate of drug-likeness (QED) is 0.934. The Morgan fingerprint density at radius 2 is 1.89 bits per heavy atom. The van der Waals surface area contributed by atoms with Crippen LogP contribution in [-0.2, 0) is 4.79 Å². The van der Waals surface area contributed by atoms with Crippen LogP contribution in [0, 0.1) is 0 Å². The zero-order valence-electron chi connectivity index (χ0n) is 9.75. The molecule has 0 saturated heterocycles. The number of hydrogen-bond acceptors (Lipinski definition) is 3. The van der Waals surface area contributed by atoms with E-state index in [1.807, 2.05) is 0 Å². The normalized spacial score (nSPS) is 10.2. The van der Waals surface area contributed by atoms with Crippen LogP contribution in [0.3, 0.4) is 0 Å². The Kier molecular flexibility index (Phi) is 3.87. The minimum Gasteiger partial charge on any atom is -0.480 e. The van der Waals surface area contributed by atoms with Gasteiger partial charge >= 0.3 is 5.97 Å². The number of nitrogens with zero attached hydrogens (tertiary/aromatic N) is 1. The Hall–Kier alpha value is -2.27. The monoisotopic (exact) mass is 279 g/mol. The molecule has 1 aromatic heterocycles. The van der Waals surface area contributed by atoms with Gasteiger partial charge in [-0.15, -0.1) is 0 Å². The molecule has 0 aliphatic heterocycles. The van der Waals surface area contributed by atoms with E-state index in [1.165, 1.54) is 18.6 Å². The van der Waals surface area contributed by atoms with Gasteiger partial charge in [-0.2, -0.15) is 0 Å². The lowest BCUT2D eigenvalue weighted by Gasteiger charge is -2.20. The fraction of sp³-hybridized carbons (Fsp3) is 0.0769. The summed E-state index contributed by atoms with van der Waals surface area (Å²) < 4.78 is 4.83. The smallest absolute Gasteiger partial charge is 0.323 e. The van der Waals surface area contributed by atoms with E-state index in [9.17, 15) is 9.59 Å². The van der Waals surface area contributed by atoms with Crippen LogP contribution in [0.4, 0.5) is 5.69 Å². The minimum atomic E-state index is -1.10. The van der Waals surface area contributed by atoms with Crippen molar-refractivity contribution in [3.63, 3.8) is 0 Å². The van der Waals surface area contributed by atoms with Gasteiger partial charge in [0.05, 0.1) is 11.8 Å². The summed E-state index contributed by atoms with van der Waals surface area (Å²) in [5, 5.41) is 9.41. The third-order valence-corrected chi connectivity index (χ3v) is 2.70. The number of benzene rings is 1. The van der Waals surface area contributed by atoms with E-state index in [-0.39, 0.29) is 5.56 Å². The van der Waals surface area contributed by atoms with Crippen molar-refractivity contribution in [2.24, 2.45) is 0 Å². The number of anilines is 1. The number of carbonyl (C=O) groups excluding carboxylic acids is 1. The van der Waals surface area contributed by atoms with Crippen LogP contribution in [0.2, 0.25) is 5.02 Å². The van der Waals surface area contributed by atoms with E-state index in [1.54, 1.807) is 24.3 Å². The molecule has 2 rings (SSSR count). The molecule has 0 aliphatic carbocycles. The third kappa shape index (κ3) is 3.14. The molecule has 6 heteroatoms. The zero-order chi connectivity index (χ0) is 13.8. The van der Waals surface area contributed by atoms with Crippen LogP contribution < -0.4 is 4.90 Å². The molecule has 1 aromatic carbocycles. The topological polar surface area (TPSA) is 70.8 Å². The lowest BCUT2D eigenvalue weighted by atomic mass is 10.2. The van der Waals surface area contributed by atoms with Crippen LogP contribution >= 0.6 is 11.6 Å². The first-order valence-electron chi connectivity index (χ1n) is 5.39. The highest BCUT2D eigenvalue weighted by atomic mass is 35.5. The number of rotatable bonds is 4. The van der Waals surface area contributed by atoms with Crippen molar-refractivity contribution in [3.8, 4) is 0 Å². The Labute approximate surface area is 114 Å². The molecular formula is C13H10ClNO4. The van der Waals surface area contributed by atoms with Crippen molar-refractivity contribution in [3.05, 3.63) is 53.4 Å². The molecule has 0 spiro atoms. The van der Waals surface area contributed by atoms with Gasteiger partial charge in [-0.05, 0) is 30.3 Å². The van der Waals surface area contributed by atoms with Crippen LogP contribution in [0.25, 0.3) is 0 Å². The Morgan fingerprint density at radius 1 is 1.21 bits per heavy atom. The summed E-state index contributed by atoms with van der Waals surface area (Å²) >= 11 is 5.77. The predicted octanol–water partition coefficient (Wildman–Crippen LogP) is 2.66. The first kappa shape index (κ1) is 13.2. The number of hydrogen-bond donors (Lipinski definition) is 1. The maximum Gasteiger partial charge on any atom is 0.323 e. The van der Waals surface area contributed by atoms with E-state index in [0.717, 1.165) is 4.90 Å². The standard InChI is InChI=1S/C13H10ClNO4/c14-10-1-3-11(4-2-10)15(7-12(16)17)13(18)9-5-6-19-8-9/h1-6,8H,7H2,(H,16,17). The van der Waals surface area contributed by atoms with Crippen LogP contribution in [0.15, 0.2) is 47.3 Å². The van der Waals surface area contributed by atoms with Gasteiger partial charge < -0.3 is 9.52 Å². The van der Waals surface area contributed by atoms with Gasteiger partial charge in [0, 0.05) is 10.7 Å². The number of carboxylic acid groups (broad SMARTS) is 1. The van der Waals surface area contributed by atoms with Gasteiger partial charge in [0.2, 0.25) is 0 Å². The van der Waals surface area contributed by atoms with Gasteiger partial charge in [-0.1, -0.05) is 11.6 Å². The second kappa shape index (κ2) is 5.58. The minimum absolute atomic E-state index is 0.288. The molecule has 2 aromatic rings. The largest absolute Gasteiger partial charge is 0.480 e. The number of carbonyl (C=O) groups is 2. The molecule has 0 atom stereocenters. The molecule has 0 radical (unpaired) electrons. The highest BCUT2D eigenvalue weighted by Crippen LogP contribution is 2.20. The molecule has 1 amide bonds. The first-order valence-corrected chi connectivity index (χ1v) is 5.77. The molecule has 0 fully saturated rings. The van der Waals surface area contributed by atoms with E-state index in [0.29, 0.717) is 10.7 Å². The van der Waals surface area contributed by atoms with E-state index < -0.39 is 18.4 Å². The number of amides is 1. The molecule has 1 heterocycles. The molecule has 0 unspecified atom stereocenters. The zero-order valence-corrected chi connectivity index (χ0v) is 10.5. The fourth-order valence-corrected chi connectivity index (χ4v) is 1.70. The van der Waals surface area contributed by atoms with Crippen LogP contribution in [0.1, 0.15) is 10.4 Å². The molecule has 1 N–H and O–H groups in total. The van der Waals surface area contributed by atoms with Crippen molar-refractivity contribution < 1.29 is 19.1 Å². The maximum atomic E-state index is 12.2. The molecule has 0 saturated carbocycles. The van der Waals surface area contributed by atoms with Crippen LogP contribution in [-0.4, -0.2) is 23.5 Å². The predicted molar refractivity (Wildman–Crippen MR) is 69.5 cm³/mol. The van der Waals surface area contributed by atoms with Gasteiger partial charge in [0.15, 0.2) is 0 Å². The molecule has 0 aliphatic rings. The van der Waals surface area contributed by atoms with Gasteiger partial charge in [-0.25, -0.2) is 0 Å². The van der Waals surface area contributed by atoms with Crippen molar-refractivity contribution in [1.82, 2.24) is 0 Å². The number of furan rings is 1. The second-order valence-electron chi connectivity index (χ2n) is 3.77. The molecule has 5 nitrogen and oxygen atoms in total. The highest BCUT2D eigenvalue weighted by molar-refractivity contribution is 6.30. The molecule has 19 heavy (non-hydrogen) atoms. The third-order valence-electron chi connectivity index (χ3n) is 2.44. The summed E-state index contributed by atoms with van der Waals surface area (Å²) in [4.78, 5) is 24.2. The molecule has 0 bridgehead atoms. The van der Waals surface area contributed by atoms with Crippen molar-refractivity contribution in [1.29, 1.82) is 0 Å². The number of aliphatic carboxylic acids is 1. The lowest BCUT2D eigenvalue weighted by Crippen LogP contribution is -2.35. The summed E-state index contributed by atoms with van der Waals surface area (Å²) in [6.45, 7) is -0.439. The Bertz CT molecular complexity index is 577. The van der Waals surface area contributed by atoms with Crippen molar-refractivity contribution in [2.45, 2.75) is 0 Å². The summed E-state index contributed by atoms with van der Waals surface area (Å²) in [5.41, 5.74) is 0.745. The van der Waals surface area contributed by atoms with Crippen molar-refractivity contribution >= 4 is 29.2 Å². The summed E-state index contributed by atoms with van der Waals surface area (Å²) in [6.07, 6.45) is 2.63. The SMILES string of the molecule is O=C(O)CN(C(=O)c1ccoc1)c1ccc(Cl)cc1. The van der Waals surface area contributed by atoms with Crippen LogP contribution in [0.5, 0.6) is 0 Å². The van der Waals surface area contributed by atoms with E-state index in [2.05, 4.69) is 0 Å². The highest BCUT2D eigenvalue weighted by Gasteiger charge is 2.21.